The van der Waals surface area contributed by atoms with Crippen molar-refractivity contribution in [3.8, 4) is 0 Å². The summed E-state index contributed by atoms with van der Waals surface area (Å²) < 4.78 is 13.3. The van der Waals surface area contributed by atoms with Crippen molar-refractivity contribution < 1.29 is 9.18 Å². The Labute approximate surface area is 195 Å². The zero-order valence-corrected chi connectivity index (χ0v) is 18.8. The first-order valence-electron chi connectivity index (χ1n) is 11.8. The molecule has 0 unspecified atom stereocenters. The quantitative estimate of drug-likeness (QED) is 0.625. The van der Waals surface area contributed by atoms with Gasteiger partial charge in [-0.3, -0.25) is 9.69 Å². The molecule has 2 aliphatic heterocycles. The van der Waals surface area contributed by atoms with E-state index in [0.717, 1.165) is 44.6 Å². The molecule has 3 aromatic rings. The van der Waals surface area contributed by atoms with Crippen LogP contribution in [-0.4, -0.2) is 43.0 Å². The van der Waals surface area contributed by atoms with Crippen LogP contribution >= 0.6 is 0 Å². The third-order valence-corrected chi connectivity index (χ3v) is 6.92. The average Bonchev–Trinajstić information content (AvgIpc) is 2.85. The highest BCUT2D eigenvalue weighted by molar-refractivity contribution is 5.82. The molecule has 0 saturated carbocycles. The van der Waals surface area contributed by atoms with Gasteiger partial charge in [0, 0.05) is 38.4 Å². The maximum atomic E-state index is 13.4. The summed E-state index contributed by atoms with van der Waals surface area (Å²) in [4.78, 5) is 18.2. The lowest BCUT2D eigenvalue weighted by Gasteiger charge is -2.49. The van der Waals surface area contributed by atoms with Crippen molar-refractivity contribution in [3.63, 3.8) is 0 Å². The van der Waals surface area contributed by atoms with E-state index in [4.69, 9.17) is 0 Å². The highest BCUT2D eigenvalue weighted by atomic mass is 19.1. The molecular weight excluding hydrogens is 413 g/mol. The number of nitrogens with zero attached hydrogens (tertiary/aromatic N) is 2. The van der Waals surface area contributed by atoms with Crippen LogP contribution in [-0.2, 0) is 24.2 Å². The third kappa shape index (κ3) is 4.93. The molecule has 1 saturated heterocycles. The summed E-state index contributed by atoms with van der Waals surface area (Å²) >= 11 is 0. The van der Waals surface area contributed by atoms with Gasteiger partial charge in [0.2, 0.25) is 5.91 Å². The summed E-state index contributed by atoms with van der Waals surface area (Å²) in [6, 6.07) is 25.6. The first-order chi connectivity index (χ1) is 16.2. The average molecular weight is 444 g/mol. The van der Waals surface area contributed by atoms with E-state index in [9.17, 15) is 9.18 Å². The van der Waals surface area contributed by atoms with Gasteiger partial charge in [0.25, 0.3) is 0 Å². The van der Waals surface area contributed by atoms with Crippen LogP contribution in [0.1, 0.15) is 16.7 Å². The number of halogens is 1. The summed E-state index contributed by atoms with van der Waals surface area (Å²) in [6.45, 7) is 4.05. The van der Waals surface area contributed by atoms with Crippen LogP contribution in [0.4, 0.5) is 10.1 Å². The maximum Gasteiger partial charge on any atom is 0.225 e. The Bertz CT molecular complexity index is 1090. The van der Waals surface area contributed by atoms with E-state index in [2.05, 4.69) is 51.5 Å². The topological polar surface area (TPSA) is 35.6 Å². The molecule has 5 rings (SSSR count). The second kappa shape index (κ2) is 9.75. The minimum atomic E-state index is -0.209. The minimum absolute atomic E-state index is 0.0910. The Balaban J connectivity index is 1.30. The van der Waals surface area contributed by atoms with Gasteiger partial charge in [0.1, 0.15) is 5.82 Å². The molecule has 0 aromatic heterocycles. The van der Waals surface area contributed by atoms with Crippen LogP contribution in [0.2, 0.25) is 0 Å². The highest BCUT2D eigenvalue weighted by Gasteiger charge is 2.41. The summed E-state index contributed by atoms with van der Waals surface area (Å²) in [7, 11) is 0. The van der Waals surface area contributed by atoms with E-state index in [1.54, 1.807) is 0 Å². The number of carbonyl (C=O) groups is 1. The molecule has 33 heavy (non-hydrogen) atoms. The van der Waals surface area contributed by atoms with Gasteiger partial charge in [-0.1, -0.05) is 60.7 Å². The van der Waals surface area contributed by atoms with Gasteiger partial charge >= 0.3 is 0 Å². The van der Waals surface area contributed by atoms with Crippen molar-refractivity contribution in [2.75, 3.05) is 31.1 Å². The van der Waals surface area contributed by atoms with Crippen LogP contribution in [0, 0.1) is 11.7 Å². The zero-order chi connectivity index (χ0) is 22.6. The second-order valence-electron chi connectivity index (χ2n) is 9.09. The number of carbonyl (C=O) groups excluding carboxylic acids is 1. The Morgan fingerprint density at radius 3 is 2.48 bits per heavy atom. The Morgan fingerprint density at radius 1 is 0.909 bits per heavy atom. The van der Waals surface area contributed by atoms with E-state index in [1.165, 1.54) is 28.9 Å². The standard InChI is InChI=1S/C28H30FN3O/c29-24-12-10-22(11-13-24)19-31-16-17-32-26-9-5-4-8-23(26)18-25(27(32)20-31)28(33)30-15-14-21-6-2-1-3-7-21/h1-13,25,27H,14-20H2,(H,30,33)/t25-,27-/m0/s1. The van der Waals surface area contributed by atoms with Gasteiger partial charge in [-0.25, -0.2) is 4.39 Å². The van der Waals surface area contributed by atoms with Crippen LogP contribution in [0.5, 0.6) is 0 Å². The van der Waals surface area contributed by atoms with Crippen LogP contribution in [0.3, 0.4) is 0 Å². The fourth-order valence-corrected chi connectivity index (χ4v) is 5.21. The molecule has 2 atom stereocenters. The van der Waals surface area contributed by atoms with Crippen molar-refractivity contribution in [1.29, 1.82) is 0 Å². The van der Waals surface area contributed by atoms with Crippen LogP contribution in [0.25, 0.3) is 0 Å². The number of hydrogen-bond acceptors (Lipinski definition) is 3. The Kier molecular flexibility index (Phi) is 6.40. The molecule has 0 aliphatic carbocycles. The molecule has 3 aromatic carbocycles. The number of anilines is 1. The molecular formula is C28H30FN3O. The lowest BCUT2D eigenvalue weighted by molar-refractivity contribution is -0.126. The third-order valence-electron chi connectivity index (χ3n) is 6.92. The van der Waals surface area contributed by atoms with Gasteiger partial charge in [-0.15, -0.1) is 0 Å². The number of para-hydroxylation sites is 1. The minimum Gasteiger partial charge on any atom is -0.365 e. The van der Waals surface area contributed by atoms with Crippen LogP contribution < -0.4 is 10.2 Å². The Hall–Kier alpha value is -3.18. The number of piperazine rings is 1. The zero-order valence-electron chi connectivity index (χ0n) is 18.8. The number of rotatable bonds is 6. The SMILES string of the molecule is O=C(NCCc1ccccc1)[C@H]1Cc2ccccc2N2CCN(Cc3ccc(F)cc3)C[C@@H]12. The Morgan fingerprint density at radius 2 is 1.67 bits per heavy atom. The van der Waals surface area contributed by atoms with Gasteiger partial charge in [-0.2, -0.15) is 0 Å². The predicted octanol–water partition coefficient (Wildman–Crippen LogP) is 4.05. The molecule has 2 aliphatic rings. The molecule has 0 spiro atoms. The van der Waals surface area contributed by atoms with Gasteiger partial charge in [-0.05, 0) is 47.7 Å². The number of amides is 1. The summed E-state index contributed by atoms with van der Waals surface area (Å²) in [5.41, 5.74) is 4.85. The molecule has 170 valence electrons. The highest BCUT2D eigenvalue weighted by Crippen LogP contribution is 2.36. The van der Waals surface area contributed by atoms with Crippen molar-refractivity contribution >= 4 is 11.6 Å². The summed E-state index contributed by atoms with van der Waals surface area (Å²) in [6.07, 6.45) is 1.60. The summed E-state index contributed by atoms with van der Waals surface area (Å²) in [5.74, 6) is -0.162. The molecule has 0 radical (unpaired) electrons. The number of hydrogen-bond donors (Lipinski definition) is 1. The predicted molar refractivity (Wildman–Crippen MR) is 130 cm³/mol. The largest absolute Gasteiger partial charge is 0.365 e. The normalized spacial score (nSPS) is 20.1. The fraction of sp³-hybridized carbons (Fsp3) is 0.321. The van der Waals surface area contributed by atoms with E-state index in [0.29, 0.717) is 6.54 Å². The van der Waals surface area contributed by atoms with Crippen molar-refractivity contribution in [2.24, 2.45) is 5.92 Å². The molecule has 1 amide bonds. The molecule has 0 bridgehead atoms. The maximum absolute atomic E-state index is 13.4. The number of benzene rings is 3. The molecule has 1 fully saturated rings. The number of fused-ring (bicyclic) bond motifs is 3. The van der Waals surface area contributed by atoms with Gasteiger partial charge < -0.3 is 10.2 Å². The fourth-order valence-electron chi connectivity index (χ4n) is 5.21. The first-order valence-corrected chi connectivity index (χ1v) is 11.8. The van der Waals surface area contributed by atoms with E-state index in [1.807, 2.05) is 30.3 Å². The van der Waals surface area contributed by atoms with E-state index < -0.39 is 0 Å². The van der Waals surface area contributed by atoms with Crippen molar-refractivity contribution in [1.82, 2.24) is 10.2 Å². The summed E-state index contributed by atoms with van der Waals surface area (Å²) in [5, 5.41) is 3.21. The van der Waals surface area contributed by atoms with Crippen LogP contribution in [0.15, 0.2) is 78.9 Å². The molecule has 2 heterocycles. The monoisotopic (exact) mass is 443 g/mol. The van der Waals surface area contributed by atoms with Gasteiger partial charge in [0.15, 0.2) is 0 Å². The van der Waals surface area contributed by atoms with Crippen molar-refractivity contribution in [3.05, 3.63) is 101 Å². The van der Waals surface area contributed by atoms with E-state index >= 15 is 0 Å². The first kappa shape index (κ1) is 21.7. The molecule has 1 N–H and O–H groups in total. The molecule has 5 heteroatoms. The second-order valence-corrected chi connectivity index (χ2v) is 9.09. The lowest BCUT2D eigenvalue weighted by atomic mass is 9.83. The van der Waals surface area contributed by atoms with Crippen molar-refractivity contribution in [2.45, 2.75) is 25.4 Å². The van der Waals surface area contributed by atoms with E-state index in [-0.39, 0.29) is 23.7 Å². The molecule has 4 nitrogen and oxygen atoms in total. The number of nitrogens with one attached hydrogen (secondary N) is 1. The van der Waals surface area contributed by atoms with Gasteiger partial charge in [0.05, 0.1) is 12.0 Å². The lowest BCUT2D eigenvalue weighted by Crippen LogP contribution is -2.61. The smallest absolute Gasteiger partial charge is 0.225 e.